The molecule has 4 heteroatoms. The van der Waals surface area contributed by atoms with Gasteiger partial charge in [0, 0.05) is 11.8 Å². The van der Waals surface area contributed by atoms with Crippen molar-refractivity contribution in [3.63, 3.8) is 0 Å². The summed E-state index contributed by atoms with van der Waals surface area (Å²) in [4.78, 5) is 25.5. The van der Waals surface area contributed by atoms with Gasteiger partial charge in [0.1, 0.15) is 5.69 Å². The van der Waals surface area contributed by atoms with Gasteiger partial charge in [0.05, 0.1) is 0 Å². The second kappa shape index (κ2) is 4.87. The van der Waals surface area contributed by atoms with E-state index in [4.69, 9.17) is 0 Å². The first-order chi connectivity index (χ1) is 8.54. The third kappa shape index (κ3) is 2.85. The number of carbonyl (C=O) groups is 1. The second-order valence-corrected chi connectivity index (χ2v) is 4.26. The summed E-state index contributed by atoms with van der Waals surface area (Å²) in [6.07, 6.45) is 0. The van der Waals surface area contributed by atoms with Gasteiger partial charge >= 0.3 is 0 Å². The highest BCUT2D eigenvalue weighted by Crippen LogP contribution is 2.14. The molecular weight excluding hydrogens is 228 g/mol. The Balaban J connectivity index is 2.24. The minimum atomic E-state index is -0.322. The van der Waals surface area contributed by atoms with Crippen LogP contribution < -0.4 is 10.9 Å². The smallest absolute Gasteiger partial charge is 0.272 e. The normalized spacial score (nSPS) is 10.1. The lowest BCUT2D eigenvalue weighted by Gasteiger charge is -2.07. The number of anilines is 1. The molecule has 1 amide bonds. The first-order valence-corrected chi connectivity index (χ1v) is 5.63. The van der Waals surface area contributed by atoms with Crippen molar-refractivity contribution in [2.24, 2.45) is 0 Å². The highest BCUT2D eigenvalue weighted by atomic mass is 16.2. The van der Waals surface area contributed by atoms with Gasteiger partial charge in [-0.25, -0.2) is 0 Å². The summed E-state index contributed by atoms with van der Waals surface area (Å²) in [7, 11) is 0. The zero-order valence-electron chi connectivity index (χ0n) is 10.3. The first kappa shape index (κ1) is 12.1. The van der Waals surface area contributed by atoms with Gasteiger partial charge in [0.2, 0.25) is 5.56 Å². The van der Waals surface area contributed by atoms with Gasteiger partial charge in [-0.05, 0) is 43.2 Å². The van der Waals surface area contributed by atoms with Crippen LogP contribution in [0.15, 0.2) is 41.2 Å². The Kier molecular flexibility index (Phi) is 3.28. The minimum Gasteiger partial charge on any atom is -0.321 e. The highest BCUT2D eigenvalue weighted by molar-refractivity contribution is 6.02. The van der Waals surface area contributed by atoms with E-state index < -0.39 is 0 Å². The van der Waals surface area contributed by atoms with E-state index >= 15 is 0 Å². The second-order valence-electron chi connectivity index (χ2n) is 4.26. The molecule has 2 N–H and O–H groups in total. The van der Waals surface area contributed by atoms with Crippen molar-refractivity contribution >= 4 is 11.6 Å². The fraction of sp³-hybridized carbons (Fsp3) is 0.143. The van der Waals surface area contributed by atoms with E-state index in [0.29, 0.717) is 0 Å². The first-order valence-electron chi connectivity index (χ1n) is 5.63. The molecule has 4 nitrogen and oxygen atoms in total. The van der Waals surface area contributed by atoms with Gasteiger partial charge in [0.25, 0.3) is 5.91 Å². The van der Waals surface area contributed by atoms with Crippen molar-refractivity contribution in [3.05, 3.63) is 63.6 Å². The number of H-pyrrole nitrogens is 1. The van der Waals surface area contributed by atoms with E-state index in [1.54, 1.807) is 12.1 Å². The summed E-state index contributed by atoms with van der Waals surface area (Å²) >= 11 is 0. The Morgan fingerprint density at radius 2 is 1.78 bits per heavy atom. The molecule has 0 saturated carbocycles. The van der Waals surface area contributed by atoms with Crippen LogP contribution in [0, 0.1) is 13.8 Å². The van der Waals surface area contributed by atoms with E-state index in [1.165, 1.54) is 6.07 Å². The topological polar surface area (TPSA) is 62.0 Å². The summed E-state index contributed by atoms with van der Waals surface area (Å²) in [6.45, 7) is 3.93. The van der Waals surface area contributed by atoms with Crippen molar-refractivity contribution in [3.8, 4) is 0 Å². The SMILES string of the molecule is Cc1cc(C)cc(NC(=O)c2cccc(=O)[nH]2)c1. The van der Waals surface area contributed by atoms with Crippen LogP contribution in [0.4, 0.5) is 5.69 Å². The molecule has 0 aliphatic rings. The fourth-order valence-corrected chi connectivity index (χ4v) is 1.83. The number of carbonyl (C=O) groups excluding carboxylic acids is 1. The molecule has 1 heterocycles. The van der Waals surface area contributed by atoms with Gasteiger partial charge in [-0.2, -0.15) is 0 Å². The number of pyridine rings is 1. The Hall–Kier alpha value is -2.36. The molecular formula is C14H14N2O2. The Morgan fingerprint density at radius 1 is 1.11 bits per heavy atom. The van der Waals surface area contributed by atoms with E-state index in [2.05, 4.69) is 10.3 Å². The maximum Gasteiger partial charge on any atom is 0.272 e. The maximum atomic E-state index is 11.9. The number of rotatable bonds is 2. The number of amides is 1. The average Bonchev–Trinajstić information content (AvgIpc) is 2.27. The van der Waals surface area contributed by atoms with Crippen LogP contribution in [-0.2, 0) is 0 Å². The predicted octanol–water partition coefficient (Wildman–Crippen LogP) is 2.24. The van der Waals surface area contributed by atoms with E-state index in [-0.39, 0.29) is 17.2 Å². The number of hydrogen-bond acceptors (Lipinski definition) is 2. The molecule has 2 aromatic rings. The zero-order valence-corrected chi connectivity index (χ0v) is 10.3. The lowest BCUT2D eigenvalue weighted by molar-refractivity contribution is 0.102. The molecule has 0 saturated heterocycles. The predicted molar refractivity (Wildman–Crippen MR) is 70.9 cm³/mol. The number of aryl methyl sites for hydroxylation is 2. The van der Waals surface area contributed by atoms with Crippen LogP contribution in [0.1, 0.15) is 21.6 Å². The summed E-state index contributed by atoms with van der Waals surface area (Å²) in [6, 6.07) is 10.3. The molecule has 0 bridgehead atoms. The molecule has 0 aliphatic carbocycles. The van der Waals surface area contributed by atoms with Gasteiger partial charge in [0.15, 0.2) is 0 Å². The summed E-state index contributed by atoms with van der Waals surface area (Å²) in [5.41, 5.74) is 2.84. The fourth-order valence-electron chi connectivity index (χ4n) is 1.83. The van der Waals surface area contributed by atoms with Crippen molar-refractivity contribution < 1.29 is 4.79 Å². The van der Waals surface area contributed by atoms with Gasteiger partial charge in [-0.3, -0.25) is 9.59 Å². The average molecular weight is 242 g/mol. The Morgan fingerprint density at radius 3 is 2.39 bits per heavy atom. The van der Waals surface area contributed by atoms with Crippen molar-refractivity contribution in [1.82, 2.24) is 4.98 Å². The lowest BCUT2D eigenvalue weighted by atomic mass is 10.1. The van der Waals surface area contributed by atoms with E-state index in [0.717, 1.165) is 16.8 Å². The van der Waals surface area contributed by atoms with Crippen molar-refractivity contribution in [2.75, 3.05) is 5.32 Å². The van der Waals surface area contributed by atoms with Crippen LogP contribution in [0.5, 0.6) is 0 Å². The number of hydrogen-bond donors (Lipinski definition) is 2. The standard InChI is InChI=1S/C14H14N2O2/c1-9-6-10(2)8-11(7-9)15-14(18)12-4-3-5-13(17)16-12/h3-8H,1-2H3,(H,15,18)(H,16,17). The molecule has 18 heavy (non-hydrogen) atoms. The number of aromatic nitrogens is 1. The van der Waals surface area contributed by atoms with Crippen LogP contribution in [0.3, 0.4) is 0 Å². The largest absolute Gasteiger partial charge is 0.321 e. The minimum absolute atomic E-state index is 0.252. The number of aromatic amines is 1. The van der Waals surface area contributed by atoms with Gasteiger partial charge in [-0.1, -0.05) is 12.1 Å². The molecule has 0 fully saturated rings. The third-order valence-electron chi connectivity index (χ3n) is 2.49. The lowest BCUT2D eigenvalue weighted by Crippen LogP contribution is -2.17. The Labute approximate surface area is 105 Å². The molecule has 1 aromatic carbocycles. The van der Waals surface area contributed by atoms with Crippen LogP contribution in [0.2, 0.25) is 0 Å². The van der Waals surface area contributed by atoms with Gasteiger partial charge < -0.3 is 10.3 Å². The molecule has 92 valence electrons. The van der Waals surface area contributed by atoms with Crippen molar-refractivity contribution in [2.45, 2.75) is 13.8 Å². The summed E-state index contributed by atoms with van der Waals surface area (Å²) in [5.74, 6) is -0.322. The molecule has 1 aromatic heterocycles. The van der Waals surface area contributed by atoms with E-state index in [9.17, 15) is 9.59 Å². The summed E-state index contributed by atoms with van der Waals surface area (Å²) < 4.78 is 0. The van der Waals surface area contributed by atoms with Crippen molar-refractivity contribution in [1.29, 1.82) is 0 Å². The molecule has 0 spiro atoms. The van der Waals surface area contributed by atoms with Crippen LogP contribution in [0.25, 0.3) is 0 Å². The molecule has 0 radical (unpaired) electrons. The molecule has 0 atom stereocenters. The van der Waals surface area contributed by atoms with Crippen LogP contribution >= 0.6 is 0 Å². The number of benzene rings is 1. The number of nitrogens with one attached hydrogen (secondary N) is 2. The van der Waals surface area contributed by atoms with Gasteiger partial charge in [-0.15, -0.1) is 0 Å². The van der Waals surface area contributed by atoms with Crippen LogP contribution in [-0.4, -0.2) is 10.9 Å². The summed E-state index contributed by atoms with van der Waals surface area (Å²) in [5, 5.41) is 2.76. The Bertz CT molecular complexity index is 624. The quantitative estimate of drug-likeness (QED) is 0.848. The zero-order chi connectivity index (χ0) is 13.1. The third-order valence-corrected chi connectivity index (χ3v) is 2.49. The molecule has 2 rings (SSSR count). The van der Waals surface area contributed by atoms with E-state index in [1.807, 2.05) is 32.0 Å². The maximum absolute atomic E-state index is 11.9. The molecule has 0 unspecified atom stereocenters. The monoisotopic (exact) mass is 242 g/mol. The molecule has 0 aliphatic heterocycles. The highest BCUT2D eigenvalue weighted by Gasteiger charge is 2.06.